The van der Waals surface area contributed by atoms with Crippen molar-refractivity contribution in [3.63, 3.8) is 0 Å². The Hall–Kier alpha value is -2.21. The smallest absolute Gasteiger partial charge is 0.305 e. The first-order valence-electron chi connectivity index (χ1n) is 5.89. The molecule has 4 N–H and O–H groups in total. The molecule has 6 heteroatoms. The molecule has 0 fully saturated rings. The van der Waals surface area contributed by atoms with Crippen molar-refractivity contribution < 1.29 is 19.5 Å². The Labute approximate surface area is 109 Å². The minimum absolute atomic E-state index is 0.161. The number of carbonyl (C=O) groups is 3. The van der Waals surface area contributed by atoms with E-state index in [4.69, 9.17) is 10.8 Å². The number of nitrogens with two attached hydrogens (primary N) is 1. The van der Waals surface area contributed by atoms with Crippen LogP contribution in [-0.2, 0) is 16.0 Å². The minimum atomic E-state index is -1.15. The van der Waals surface area contributed by atoms with Gasteiger partial charge in [-0.15, -0.1) is 0 Å². The van der Waals surface area contributed by atoms with Crippen LogP contribution in [0.1, 0.15) is 22.3 Å². The van der Waals surface area contributed by atoms with E-state index >= 15 is 0 Å². The van der Waals surface area contributed by atoms with E-state index in [-0.39, 0.29) is 5.78 Å². The van der Waals surface area contributed by atoms with Crippen molar-refractivity contribution in [3.05, 3.63) is 35.4 Å². The molecule has 1 aromatic carbocycles. The van der Waals surface area contributed by atoms with E-state index in [9.17, 15) is 14.4 Å². The van der Waals surface area contributed by atoms with Gasteiger partial charge in [0.05, 0.1) is 18.5 Å². The molecule has 0 saturated carbocycles. The number of benzene rings is 1. The van der Waals surface area contributed by atoms with Gasteiger partial charge in [-0.05, 0) is 5.56 Å². The van der Waals surface area contributed by atoms with Crippen molar-refractivity contribution in [1.82, 2.24) is 5.32 Å². The van der Waals surface area contributed by atoms with E-state index in [1.54, 1.807) is 12.1 Å². The summed E-state index contributed by atoms with van der Waals surface area (Å²) >= 11 is 0. The molecular formula is C13H14N2O4. The van der Waals surface area contributed by atoms with Gasteiger partial charge in [0, 0.05) is 12.0 Å². The first-order valence-corrected chi connectivity index (χ1v) is 5.89. The molecule has 1 aliphatic carbocycles. The Balaban J connectivity index is 2.01. The molecule has 19 heavy (non-hydrogen) atoms. The number of hydrogen-bond donors (Lipinski definition) is 3. The van der Waals surface area contributed by atoms with Crippen molar-refractivity contribution in [2.24, 2.45) is 5.73 Å². The highest BCUT2D eigenvalue weighted by Gasteiger charge is 2.32. The number of rotatable bonds is 4. The molecular weight excluding hydrogens is 248 g/mol. The number of carboxylic acid groups (broad SMARTS) is 1. The molecule has 1 aliphatic rings. The normalized spacial score (nSPS) is 18.8. The van der Waals surface area contributed by atoms with Crippen LogP contribution in [-0.4, -0.2) is 34.8 Å². The number of carboxylic acids is 1. The Morgan fingerprint density at radius 3 is 2.74 bits per heavy atom. The standard InChI is InChI=1S/C13H14N2O4/c14-9(6-11(16)17)13(19)15-10-5-7-3-1-2-4-8(7)12(10)18/h1-4,9-10H,5-6,14H2,(H,15,19)(H,16,17). The lowest BCUT2D eigenvalue weighted by molar-refractivity contribution is -0.139. The highest BCUT2D eigenvalue weighted by Crippen LogP contribution is 2.21. The van der Waals surface area contributed by atoms with Gasteiger partial charge >= 0.3 is 5.97 Å². The molecule has 0 heterocycles. The Bertz CT molecular complexity index is 541. The molecule has 0 spiro atoms. The van der Waals surface area contributed by atoms with E-state index in [0.717, 1.165) is 5.56 Å². The molecule has 0 aromatic heterocycles. The van der Waals surface area contributed by atoms with Gasteiger partial charge in [-0.1, -0.05) is 24.3 Å². The molecule has 0 bridgehead atoms. The predicted molar refractivity (Wildman–Crippen MR) is 66.6 cm³/mol. The maximum absolute atomic E-state index is 12.0. The summed E-state index contributed by atoms with van der Waals surface area (Å²) in [6.07, 6.45) is -0.0414. The zero-order valence-electron chi connectivity index (χ0n) is 10.1. The number of amides is 1. The van der Waals surface area contributed by atoms with Crippen LogP contribution in [0.15, 0.2) is 24.3 Å². The van der Waals surface area contributed by atoms with Crippen LogP contribution in [0.4, 0.5) is 0 Å². The van der Waals surface area contributed by atoms with Gasteiger partial charge in [-0.3, -0.25) is 14.4 Å². The zero-order chi connectivity index (χ0) is 14.0. The summed E-state index contributed by atoms with van der Waals surface area (Å²) in [6, 6.07) is 5.33. The van der Waals surface area contributed by atoms with E-state index < -0.39 is 30.4 Å². The summed E-state index contributed by atoms with van der Waals surface area (Å²) in [5, 5.41) is 11.1. The fourth-order valence-corrected chi connectivity index (χ4v) is 2.12. The third-order valence-corrected chi connectivity index (χ3v) is 3.07. The summed E-state index contributed by atoms with van der Waals surface area (Å²) < 4.78 is 0. The lowest BCUT2D eigenvalue weighted by Crippen LogP contribution is -2.48. The van der Waals surface area contributed by atoms with Gasteiger partial charge in [-0.25, -0.2) is 0 Å². The van der Waals surface area contributed by atoms with E-state index in [1.807, 2.05) is 12.1 Å². The van der Waals surface area contributed by atoms with Gasteiger partial charge < -0.3 is 16.2 Å². The SMILES string of the molecule is NC(CC(=O)O)C(=O)NC1Cc2ccccc2C1=O. The number of carbonyl (C=O) groups excluding carboxylic acids is 2. The molecule has 2 unspecified atom stereocenters. The monoisotopic (exact) mass is 262 g/mol. The van der Waals surface area contributed by atoms with Crippen LogP contribution in [0.3, 0.4) is 0 Å². The summed E-state index contributed by atoms with van der Waals surface area (Å²) in [4.78, 5) is 34.2. The van der Waals surface area contributed by atoms with Crippen LogP contribution in [0, 0.1) is 0 Å². The number of nitrogens with one attached hydrogen (secondary N) is 1. The summed E-state index contributed by atoms with van der Waals surface area (Å²) in [5.74, 6) is -1.93. The quantitative estimate of drug-likeness (QED) is 0.691. The number of ketones is 1. The number of hydrogen-bond acceptors (Lipinski definition) is 4. The zero-order valence-corrected chi connectivity index (χ0v) is 10.1. The van der Waals surface area contributed by atoms with E-state index in [0.29, 0.717) is 12.0 Å². The molecule has 0 saturated heterocycles. The predicted octanol–water partition coefficient (Wildman–Crippen LogP) is -0.288. The Morgan fingerprint density at radius 1 is 1.42 bits per heavy atom. The maximum atomic E-state index is 12.0. The third-order valence-electron chi connectivity index (χ3n) is 3.07. The maximum Gasteiger partial charge on any atom is 0.305 e. The van der Waals surface area contributed by atoms with Crippen LogP contribution in [0.5, 0.6) is 0 Å². The fourth-order valence-electron chi connectivity index (χ4n) is 2.12. The second-order valence-corrected chi connectivity index (χ2v) is 4.49. The second kappa shape index (κ2) is 5.19. The third kappa shape index (κ3) is 2.79. The van der Waals surface area contributed by atoms with Gasteiger partial charge in [0.15, 0.2) is 5.78 Å². The number of aliphatic carboxylic acids is 1. The molecule has 100 valence electrons. The van der Waals surface area contributed by atoms with Crippen LogP contribution < -0.4 is 11.1 Å². The molecule has 1 amide bonds. The van der Waals surface area contributed by atoms with Crippen LogP contribution >= 0.6 is 0 Å². The minimum Gasteiger partial charge on any atom is -0.481 e. The van der Waals surface area contributed by atoms with Gasteiger partial charge in [0.1, 0.15) is 0 Å². The number of fused-ring (bicyclic) bond motifs is 1. The van der Waals surface area contributed by atoms with Crippen molar-refractivity contribution >= 4 is 17.7 Å². The summed E-state index contributed by atoms with van der Waals surface area (Å²) in [5.41, 5.74) is 6.92. The highest BCUT2D eigenvalue weighted by atomic mass is 16.4. The highest BCUT2D eigenvalue weighted by molar-refractivity contribution is 6.06. The van der Waals surface area contributed by atoms with Crippen molar-refractivity contribution in [2.75, 3.05) is 0 Å². The molecule has 6 nitrogen and oxygen atoms in total. The summed E-state index contributed by atoms with van der Waals surface area (Å²) in [6.45, 7) is 0. The summed E-state index contributed by atoms with van der Waals surface area (Å²) in [7, 11) is 0. The van der Waals surface area contributed by atoms with E-state index in [1.165, 1.54) is 0 Å². The van der Waals surface area contributed by atoms with Gasteiger partial charge in [0.25, 0.3) is 0 Å². The first-order chi connectivity index (χ1) is 8.99. The Kier molecular flexibility index (Phi) is 3.62. The van der Waals surface area contributed by atoms with Crippen LogP contribution in [0.25, 0.3) is 0 Å². The first kappa shape index (κ1) is 13.2. The van der Waals surface area contributed by atoms with Gasteiger partial charge in [0.2, 0.25) is 5.91 Å². The van der Waals surface area contributed by atoms with Gasteiger partial charge in [-0.2, -0.15) is 0 Å². The second-order valence-electron chi connectivity index (χ2n) is 4.49. The average Bonchev–Trinajstić information content (AvgIpc) is 2.66. The average molecular weight is 262 g/mol. The molecule has 2 atom stereocenters. The molecule has 0 radical (unpaired) electrons. The fraction of sp³-hybridized carbons (Fsp3) is 0.308. The molecule has 1 aromatic rings. The lowest BCUT2D eigenvalue weighted by atomic mass is 10.1. The number of Topliss-reactive ketones (excluding diaryl/α,β-unsaturated/α-hetero) is 1. The molecule has 0 aliphatic heterocycles. The van der Waals surface area contributed by atoms with Crippen molar-refractivity contribution in [1.29, 1.82) is 0 Å². The largest absolute Gasteiger partial charge is 0.481 e. The van der Waals surface area contributed by atoms with Crippen molar-refractivity contribution in [3.8, 4) is 0 Å². The topological polar surface area (TPSA) is 109 Å². The lowest BCUT2D eigenvalue weighted by Gasteiger charge is -2.14. The van der Waals surface area contributed by atoms with Crippen LogP contribution in [0.2, 0.25) is 0 Å². The van der Waals surface area contributed by atoms with E-state index in [2.05, 4.69) is 5.32 Å². The van der Waals surface area contributed by atoms with Crippen molar-refractivity contribution in [2.45, 2.75) is 24.9 Å². The molecule has 2 rings (SSSR count). The Morgan fingerprint density at radius 2 is 2.11 bits per heavy atom.